The molecule has 2 aromatic rings. The summed E-state index contributed by atoms with van der Waals surface area (Å²) in [6.45, 7) is 4.14. The fourth-order valence-electron chi connectivity index (χ4n) is 2.53. The summed E-state index contributed by atoms with van der Waals surface area (Å²) >= 11 is 5.99. The van der Waals surface area contributed by atoms with Gasteiger partial charge in [-0.05, 0) is 24.1 Å². The molecule has 0 aromatic heterocycles. The summed E-state index contributed by atoms with van der Waals surface area (Å²) in [6.07, 6.45) is 0. The third-order valence-corrected chi connectivity index (χ3v) is 4.37. The Morgan fingerprint density at radius 3 is 2.45 bits per heavy atom. The second-order valence-electron chi connectivity index (χ2n) is 6.57. The molecule has 0 bridgehead atoms. The van der Waals surface area contributed by atoms with E-state index in [1.54, 1.807) is 13.8 Å². The van der Waals surface area contributed by atoms with Crippen molar-refractivity contribution in [2.24, 2.45) is 5.92 Å². The molecule has 0 saturated carbocycles. The van der Waals surface area contributed by atoms with Gasteiger partial charge in [0.25, 0.3) is 11.6 Å². The number of nitrogens with one attached hydrogen (secondary N) is 2. The number of carbonyl (C=O) groups excluding carboxylic acids is 2. The van der Waals surface area contributed by atoms with Crippen LogP contribution in [0.1, 0.15) is 24.2 Å². The van der Waals surface area contributed by atoms with E-state index < -0.39 is 16.9 Å². The smallest absolute Gasteiger partial charge is 0.270 e. The van der Waals surface area contributed by atoms with Crippen molar-refractivity contribution in [3.8, 4) is 5.75 Å². The summed E-state index contributed by atoms with van der Waals surface area (Å²) in [4.78, 5) is 35.2. The minimum atomic E-state index is -0.800. The molecule has 0 spiro atoms. The number of benzene rings is 2. The summed E-state index contributed by atoms with van der Waals surface area (Å²) in [5, 5.41) is 16.1. The number of carbonyl (C=O) groups is 2. The van der Waals surface area contributed by atoms with E-state index in [0.717, 1.165) is 6.07 Å². The van der Waals surface area contributed by atoms with Crippen LogP contribution in [0, 0.1) is 16.0 Å². The number of non-ortho nitro benzene ring substituents is 1. The third kappa shape index (κ3) is 6.46. The number of nitro groups is 1. The molecule has 0 heterocycles. The minimum absolute atomic E-state index is 0.0585. The molecule has 0 fully saturated rings. The van der Waals surface area contributed by atoms with E-state index >= 15 is 0 Å². The topological polar surface area (TPSA) is 111 Å². The van der Waals surface area contributed by atoms with Crippen LogP contribution < -0.4 is 15.4 Å². The van der Waals surface area contributed by atoms with Crippen molar-refractivity contribution in [1.82, 2.24) is 10.6 Å². The van der Waals surface area contributed by atoms with E-state index in [0.29, 0.717) is 5.75 Å². The van der Waals surface area contributed by atoms with E-state index in [1.807, 2.05) is 30.3 Å². The molecule has 0 aliphatic rings. The average molecular weight is 420 g/mol. The van der Waals surface area contributed by atoms with Crippen LogP contribution in [0.15, 0.2) is 48.5 Å². The number of hydrogen-bond acceptors (Lipinski definition) is 5. The van der Waals surface area contributed by atoms with Crippen molar-refractivity contribution in [2.45, 2.75) is 19.9 Å². The summed E-state index contributed by atoms with van der Waals surface area (Å²) in [5.41, 5.74) is -0.161. The number of ether oxygens (including phenoxy) is 1. The van der Waals surface area contributed by atoms with E-state index in [9.17, 15) is 19.7 Å². The van der Waals surface area contributed by atoms with Gasteiger partial charge in [0, 0.05) is 12.1 Å². The average Bonchev–Trinajstić information content (AvgIpc) is 2.69. The van der Waals surface area contributed by atoms with Crippen LogP contribution in [0.4, 0.5) is 5.69 Å². The molecule has 9 heteroatoms. The fraction of sp³-hybridized carbons (Fsp3) is 0.300. The number of halogens is 1. The molecular formula is C20H22ClN3O5. The Hall–Kier alpha value is -3.13. The van der Waals surface area contributed by atoms with E-state index in [-0.39, 0.29) is 41.3 Å². The highest BCUT2D eigenvalue weighted by atomic mass is 35.5. The molecule has 2 rings (SSSR count). The second-order valence-corrected chi connectivity index (χ2v) is 6.98. The Labute approximate surface area is 173 Å². The predicted octanol–water partition coefficient (Wildman–Crippen LogP) is 3.20. The van der Waals surface area contributed by atoms with Gasteiger partial charge in [-0.1, -0.05) is 43.6 Å². The number of rotatable bonds is 9. The van der Waals surface area contributed by atoms with Crippen LogP contribution >= 0.6 is 11.6 Å². The summed E-state index contributed by atoms with van der Waals surface area (Å²) < 4.78 is 5.52. The Kier molecular flexibility index (Phi) is 7.97. The molecule has 154 valence electrons. The van der Waals surface area contributed by atoms with Crippen molar-refractivity contribution in [3.05, 3.63) is 69.2 Å². The maximum Gasteiger partial charge on any atom is 0.270 e. The van der Waals surface area contributed by atoms with Gasteiger partial charge in [0.05, 0.1) is 22.1 Å². The summed E-state index contributed by atoms with van der Waals surface area (Å²) in [7, 11) is 0. The number of para-hydroxylation sites is 1. The van der Waals surface area contributed by atoms with Crippen molar-refractivity contribution in [3.63, 3.8) is 0 Å². The lowest BCUT2D eigenvalue weighted by Gasteiger charge is -2.22. The lowest BCUT2D eigenvalue weighted by Crippen LogP contribution is -2.50. The van der Waals surface area contributed by atoms with Crippen LogP contribution in [0.25, 0.3) is 0 Å². The van der Waals surface area contributed by atoms with Gasteiger partial charge in [0.15, 0.2) is 0 Å². The molecule has 0 aliphatic carbocycles. The fourth-order valence-corrected chi connectivity index (χ4v) is 2.79. The standard InChI is InChI=1S/C20H22ClN3O5/c1-13(2)18(20(26)22-10-11-29-15-6-4-3-5-7-15)23-19(25)16-9-8-14(24(27)28)12-17(16)21/h3-9,12-13,18H,10-11H2,1-2H3,(H,22,26)(H,23,25). The van der Waals surface area contributed by atoms with Crippen LogP contribution in [0.5, 0.6) is 5.75 Å². The van der Waals surface area contributed by atoms with Gasteiger partial charge in [-0.15, -0.1) is 0 Å². The van der Waals surface area contributed by atoms with Crippen molar-refractivity contribution >= 4 is 29.1 Å². The van der Waals surface area contributed by atoms with Gasteiger partial charge < -0.3 is 15.4 Å². The van der Waals surface area contributed by atoms with Crippen LogP contribution in [-0.4, -0.2) is 35.9 Å². The van der Waals surface area contributed by atoms with Gasteiger partial charge in [-0.25, -0.2) is 0 Å². The van der Waals surface area contributed by atoms with Crippen molar-refractivity contribution in [2.75, 3.05) is 13.2 Å². The molecule has 2 amide bonds. The Balaban J connectivity index is 1.93. The molecule has 2 N–H and O–H groups in total. The van der Waals surface area contributed by atoms with E-state index in [1.165, 1.54) is 12.1 Å². The molecule has 2 aromatic carbocycles. The number of nitro benzene ring substituents is 1. The highest BCUT2D eigenvalue weighted by Crippen LogP contribution is 2.22. The first-order valence-electron chi connectivity index (χ1n) is 9.00. The van der Waals surface area contributed by atoms with Crippen LogP contribution in [0.2, 0.25) is 5.02 Å². The zero-order valence-corrected chi connectivity index (χ0v) is 16.8. The highest BCUT2D eigenvalue weighted by molar-refractivity contribution is 6.34. The van der Waals surface area contributed by atoms with Crippen molar-refractivity contribution in [1.29, 1.82) is 0 Å². The molecule has 8 nitrogen and oxygen atoms in total. The summed E-state index contributed by atoms with van der Waals surface area (Å²) in [6, 6.07) is 11.9. The Bertz CT molecular complexity index is 874. The maximum atomic E-state index is 12.5. The molecule has 1 unspecified atom stereocenters. The molecular weight excluding hydrogens is 398 g/mol. The lowest BCUT2D eigenvalue weighted by atomic mass is 10.0. The minimum Gasteiger partial charge on any atom is -0.492 e. The molecule has 0 saturated heterocycles. The number of nitrogens with zero attached hydrogens (tertiary/aromatic N) is 1. The molecule has 0 aliphatic heterocycles. The summed E-state index contributed by atoms with van der Waals surface area (Å²) in [5.74, 6) is -0.434. The van der Waals surface area contributed by atoms with E-state index in [2.05, 4.69) is 10.6 Å². The zero-order valence-electron chi connectivity index (χ0n) is 16.1. The normalized spacial score (nSPS) is 11.6. The molecule has 1 atom stereocenters. The van der Waals surface area contributed by atoms with Gasteiger partial charge in [0.2, 0.25) is 5.91 Å². The highest BCUT2D eigenvalue weighted by Gasteiger charge is 2.25. The number of amides is 2. The van der Waals surface area contributed by atoms with Gasteiger partial charge in [-0.2, -0.15) is 0 Å². The van der Waals surface area contributed by atoms with Gasteiger partial charge in [-0.3, -0.25) is 19.7 Å². The quantitative estimate of drug-likeness (QED) is 0.368. The Morgan fingerprint density at radius 1 is 1.17 bits per heavy atom. The Morgan fingerprint density at radius 2 is 1.86 bits per heavy atom. The van der Waals surface area contributed by atoms with Gasteiger partial charge >= 0.3 is 0 Å². The van der Waals surface area contributed by atoms with Crippen LogP contribution in [-0.2, 0) is 4.79 Å². The first-order valence-corrected chi connectivity index (χ1v) is 9.37. The lowest BCUT2D eigenvalue weighted by molar-refractivity contribution is -0.384. The second kappa shape index (κ2) is 10.4. The predicted molar refractivity (Wildman–Crippen MR) is 109 cm³/mol. The maximum absolute atomic E-state index is 12.5. The van der Waals surface area contributed by atoms with E-state index in [4.69, 9.17) is 16.3 Å². The SMILES string of the molecule is CC(C)C(NC(=O)c1ccc([N+](=O)[O-])cc1Cl)C(=O)NCCOc1ccccc1. The van der Waals surface area contributed by atoms with Gasteiger partial charge in [0.1, 0.15) is 18.4 Å². The molecule has 0 radical (unpaired) electrons. The monoisotopic (exact) mass is 419 g/mol. The van der Waals surface area contributed by atoms with Crippen LogP contribution in [0.3, 0.4) is 0 Å². The molecule has 29 heavy (non-hydrogen) atoms. The zero-order chi connectivity index (χ0) is 21.4. The first kappa shape index (κ1) is 22.2. The number of hydrogen-bond donors (Lipinski definition) is 2. The largest absolute Gasteiger partial charge is 0.492 e. The van der Waals surface area contributed by atoms with Crippen molar-refractivity contribution < 1.29 is 19.2 Å². The third-order valence-electron chi connectivity index (χ3n) is 4.06. The first-order chi connectivity index (χ1) is 13.8.